The van der Waals surface area contributed by atoms with E-state index in [1.165, 1.54) is 9.47 Å². The Labute approximate surface area is 149 Å². The number of amides is 1. The lowest BCUT2D eigenvalue weighted by molar-refractivity contribution is -0.120. The Bertz CT molecular complexity index is 1100. The molecule has 6 nitrogen and oxygen atoms in total. The van der Waals surface area contributed by atoms with Gasteiger partial charge in [-0.2, -0.15) is 0 Å². The minimum absolute atomic E-state index is 0.0106. The summed E-state index contributed by atoms with van der Waals surface area (Å²) in [6.07, 6.45) is 1.62. The first kappa shape index (κ1) is 16.1. The molecular formula is C20H16N2O4. The average molecular weight is 348 g/mol. The molecule has 0 atom stereocenters. The molecule has 3 aromatic rings. The molecule has 26 heavy (non-hydrogen) atoms. The molecule has 0 saturated carbocycles. The normalized spacial score (nSPS) is 13.4. The SMILES string of the molecule is CN1C(=O)COc2ccc(C(=O)Cn3ccc4ccccc4c3=O)cc21. The Morgan fingerprint density at radius 2 is 1.92 bits per heavy atom. The Balaban J connectivity index is 1.66. The number of fused-ring (bicyclic) bond motifs is 2. The number of carbonyl (C=O) groups is 2. The largest absolute Gasteiger partial charge is 0.482 e. The third kappa shape index (κ3) is 2.65. The molecule has 0 aliphatic carbocycles. The van der Waals surface area contributed by atoms with E-state index in [9.17, 15) is 14.4 Å². The summed E-state index contributed by atoms with van der Waals surface area (Å²) in [7, 11) is 1.64. The van der Waals surface area contributed by atoms with Crippen molar-refractivity contribution in [1.29, 1.82) is 0 Å². The maximum atomic E-state index is 12.7. The van der Waals surface area contributed by atoms with Crippen LogP contribution < -0.4 is 15.2 Å². The monoisotopic (exact) mass is 348 g/mol. The van der Waals surface area contributed by atoms with Crippen LogP contribution in [0.5, 0.6) is 5.75 Å². The van der Waals surface area contributed by atoms with E-state index < -0.39 is 0 Å². The minimum atomic E-state index is -0.211. The minimum Gasteiger partial charge on any atom is -0.482 e. The first-order chi connectivity index (χ1) is 12.5. The molecule has 1 aromatic heterocycles. The Hall–Kier alpha value is -3.41. The van der Waals surface area contributed by atoms with Crippen LogP contribution in [0.1, 0.15) is 10.4 Å². The fraction of sp³-hybridized carbons (Fsp3) is 0.150. The highest BCUT2D eigenvalue weighted by atomic mass is 16.5. The highest BCUT2D eigenvalue weighted by molar-refractivity contribution is 6.01. The number of ether oxygens (including phenoxy) is 1. The van der Waals surface area contributed by atoms with Crippen LogP contribution in [0.15, 0.2) is 59.5 Å². The standard InChI is InChI=1S/C20H16N2O4/c1-21-16-10-14(6-7-18(16)26-12-19(21)24)17(23)11-22-9-8-13-4-2-3-5-15(13)20(22)25/h2-10H,11-12H2,1H3. The second kappa shape index (κ2) is 6.15. The second-order valence-electron chi connectivity index (χ2n) is 6.18. The molecule has 4 rings (SSSR count). The lowest BCUT2D eigenvalue weighted by Crippen LogP contribution is -2.35. The molecule has 0 N–H and O–H groups in total. The van der Waals surface area contributed by atoms with Gasteiger partial charge in [0, 0.05) is 24.2 Å². The molecule has 0 fully saturated rings. The van der Waals surface area contributed by atoms with Crippen molar-refractivity contribution in [3.05, 3.63) is 70.6 Å². The second-order valence-corrected chi connectivity index (χ2v) is 6.18. The first-order valence-corrected chi connectivity index (χ1v) is 8.19. The highest BCUT2D eigenvalue weighted by Gasteiger charge is 2.23. The van der Waals surface area contributed by atoms with Crippen LogP contribution >= 0.6 is 0 Å². The lowest BCUT2D eigenvalue weighted by Gasteiger charge is -2.26. The quantitative estimate of drug-likeness (QED) is 0.681. The topological polar surface area (TPSA) is 68.6 Å². The summed E-state index contributed by atoms with van der Waals surface area (Å²) in [5.74, 6) is 0.177. The molecule has 2 heterocycles. The molecule has 1 aliphatic rings. The number of Topliss-reactive ketones (excluding diaryl/α,β-unsaturated/α-hetero) is 1. The van der Waals surface area contributed by atoms with E-state index in [0.29, 0.717) is 22.4 Å². The predicted octanol–water partition coefficient (Wildman–Crippen LogP) is 2.24. The average Bonchev–Trinajstić information content (AvgIpc) is 2.67. The van der Waals surface area contributed by atoms with Crippen LogP contribution in [-0.2, 0) is 11.3 Å². The van der Waals surface area contributed by atoms with Crippen molar-refractivity contribution in [2.75, 3.05) is 18.6 Å². The summed E-state index contributed by atoms with van der Waals surface area (Å²) in [6, 6.07) is 14.0. The van der Waals surface area contributed by atoms with Crippen LogP contribution in [0.2, 0.25) is 0 Å². The van der Waals surface area contributed by atoms with Crippen LogP contribution in [0.4, 0.5) is 5.69 Å². The van der Waals surface area contributed by atoms with Crippen molar-refractivity contribution in [2.45, 2.75) is 6.54 Å². The van der Waals surface area contributed by atoms with Gasteiger partial charge >= 0.3 is 0 Å². The summed E-state index contributed by atoms with van der Waals surface area (Å²) in [4.78, 5) is 38.5. The van der Waals surface area contributed by atoms with Crippen molar-refractivity contribution in [3.63, 3.8) is 0 Å². The van der Waals surface area contributed by atoms with Crippen molar-refractivity contribution < 1.29 is 14.3 Å². The van der Waals surface area contributed by atoms with Crippen molar-refractivity contribution in [3.8, 4) is 5.75 Å². The number of likely N-dealkylation sites (N-methyl/N-ethyl adjacent to an activating group) is 1. The van der Waals surface area contributed by atoms with E-state index in [0.717, 1.165) is 5.39 Å². The van der Waals surface area contributed by atoms with Crippen molar-refractivity contribution in [2.24, 2.45) is 0 Å². The molecule has 1 amide bonds. The highest BCUT2D eigenvalue weighted by Crippen LogP contribution is 2.32. The number of carbonyl (C=O) groups excluding carboxylic acids is 2. The summed E-state index contributed by atoms with van der Waals surface area (Å²) in [5, 5.41) is 1.42. The zero-order chi connectivity index (χ0) is 18.3. The number of ketones is 1. The van der Waals surface area contributed by atoms with Gasteiger partial charge in [-0.05, 0) is 35.7 Å². The third-order valence-electron chi connectivity index (χ3n) is 4.57. The van der Waals surface area contributed by atoms with Crippen LogP contribution in [0.3, 0.4) is 0 Å². The summed E-state index contributed by atoms with van der Waals surface area (Å²) in [5.41, 5.74) is 0.775. The zero-order valence-corrected chi connectivity index (χ0v) is 14.1. The van der Waals surface area contributed by atoms with Crippen molar-refractivity contribution in [1.82, 2.24) is 4.57 Å². The summed E-state index contributed by atoms with van der Waals surface area (Å²) >= 11 is 0. The van der Waals surface area contributed by atoms with E-state index in [-0.39, 0.29) is 30.4 Å². The number of anilines is 1. The molecule has 6 heteroatoms. The van der Waals surface area contributed by atoms with Gasteiger partial charge in [0.1, 0.15) is 5.75 Å². The molecule has 130 valence electrons. The number of hydrogen-bond donors (Lipinski definition) is 0. The van der Waals surface area contributed by atoms with Gasteiger partial charge in [0.05, 0.1) is 12.2 Å². The lowest BCUT2D eigenvalue weighted by atomic mass is 10.1. The Kier molecular flexibility index (Phi) is 3.80. The first-order valence-electron chi connectivity index (χ1n) is 8.19. The van der Waals surface area contributed by atoms with E-state index in [1.807, 2.05) is 18.2 Å². The summed E-state index contributed by atoms with van der Waals surface area (Å²) in [6.45, 7) is -0.0791. The fourth-order valence-electron chi connectivity index (χ4n) is 3.05. The van der Waals surface area contributed by atoms with E-state index in [4.69, 9.17) is 4.74 Å². The number of hydrogen-bond acceptors (Lipinski definition) is 4. The molecule has 0 radical (unpaired) electrons. The van der Waals surface area contributed by atoms with Gasteiger partial charge in [0.2, 0.25) is 0 Å². The number of rotatable bonds is 3. The third-order valence-corrected chi connectivity index (χ3v) is 4.57. The maximum absolute atomic E-state index is 12.7. The molecule has 0 spiro atoms. The number of pyridine rings is 1. The number of aromatic nitrogens is 1. The summed E-state index contributed by atoms with van der Waals surface area (Å²) < 4.78 is 6.77. The molecular weight excluding hydrogens is 332 g/mol. The Morgan fingerprint density at radius 1 is 1.12 bits per heavy atom. The number of benzene rings is 2. The smallest absolute Gasteiger partial charge is 0.264 e. The van der Waals surface area contributed by atoms with E-state index in [1.54, 1.807) is 43.6 Å². The van der Waals surface area contributed by atoms with Crippen LogP contribution in [0, 0.1) is 0 Å². The van der Waals surface area contributed by atoms with Gasteiger partial charge in [-0.15, -0.1) is 0 Å². The van der Waals surface area contributed by atoms with Gasteiger partial charge in [0.25, 0.3) is 11.5 Å². The van der Waals surface area contributed by atoms with Crippen molar-refractivity contribution >= 4 is 28.2 Å². The molecule has 0 unspecified atom stereocenters. The van der Waals surface area contributed by atoms with E-state index >= 15 is 0 Å². The number of nitrogens with zero attached hydrogens (tertiary/aromatic N) is 2. The zero-order valence-electron chi connectivity index (χ0n) is 14.1. The predicted molar refractivity (Wildman–Crippen MR) is 97.9 cm³/mol. The van der Waals surface area contributed by atoms with Gasteiger partial charge in [-0.3, -0.25) is 14.4 Å². The molecule has 1 aliphatic heterocycles. The van der Waals surface area contributed by atoms with Gasteiger partial charge in [-0.1, -0.05) is 18.2 Å². The molecule has 0 saturated heterocycles. The van der Waals surface area contributed by atoms with Gasteiger partial charge in [-0.25, -0.2) is 0 Å². The molecule has 0 bridgehead atoms. The van der Waals surface area contributed by atoms with Gasteiger partial charge in [0.15, 0.2) is 12.4 Å². The van der Waals surface area contributed by atoms with Crippen LogP contribution in [0.25, 0.3) is 10.8 Å². The maximum Gasteiger partial charge on any atom is 0.264 e. The Morgan fingerprint density at radius 3 is 2.77 bits per heavy atom. The molecule has 2 aromatic carbocycles. The fourth-order valence-corrected chi connectivity index (χ4v) is 3.05. The van der Waals surface area contributed by atoms with E-state index in [2.05, 4.69) is 0 Å². The van der Waals surface area contributed by atoms with Gasteiger partial charge < -0.3 is 14.2 Å². The van der Waals surface area contributed by atoms with Crippen LogP contribution in [-0.4, -0.2) is 29.9 Å².